The maximum absolute atomic E-state index is 11.8. The van der Waals surface area contributed by atoms with Gasteiger partial charge in [0.2, 0.25) is 0 Å². The van der Waals surface area contributed by atoms with Crippen molar-refractivity contribution in [3.05, 3.63) is 85.7 Å². The Hall–Kier alpha value is -2.93. The van der Waals surface area contributed by atoms with Crippen LogP contribution in [0.1, 0.15) is 26.7 Å². The highest BCUT2D eigenvalue weighted by atomic mass is 32.1. The van der Waals surface area contributed by atoms with Gasteiger partial charge in [0.1, 0.15) is 0 Å². The minimum absolute atomic E-state index is 0.00879. The number of benzene rings is 1. The molecule has 28 heavy (non-hydrogen) atoms. The van der Waals surface area contributed by atoms with Gasteiger partial charge in [-0.2, -0.15) is 0 Å². The summed E-state index contributed by atoms with van der Waals surface area (Å²) in [6, 6.07) is 13.4. The SMILES string of the molecule is CN=C(NCc1ccc(Cn2ccccc2=O)cc1)NCc1sc(C)nc1C. The van der Waals surface area contributed by atoms with Crippen molar-refractivity contribution in [1.82, 2.24) is 20.2 Å². The van der Waals surface area contributed by atoms with Crippen LogP contribution < -0.4 is 16.2 Å². The van der Waals surface area contributed by atoms with Gasteiger partial charge in [-0.25, -0.2) is 4.98 Å². The highest BCUT2D eigenvalue weighted by molar-refractivity contribution is 7.11. The quantitative estimate of drug-likeness (QED) is 0.497. The smallest absolute Gasteiger partial charge is 0.250 e. The Bertz CT molecular complexity index is 1000. The van der Waals surface area contributed by atoms with Crippen molar-refractivity contribution in [1.29, 1.82) is 0 Å². The van der Waals surface area contributed by atoms with E-state index in [0.717, 1.165) is 27.8 Å². The van der Waals surface area contributed by atoms with Gasteiger partial charge in [0.05, 0.1) is 23.8 Å². The number of pyridine rings is 1. The van der Waals surface area contributed by atoms with E-state index in [9.17, 15) is 4.79 Å². The highest BCUT2D eigenvalue weighted by Gasteiger charge is 2.06. The third kappa shape index (κ3) is 5.29. The van der Waals surface area contributed by atoms with Crippen molar-refractivity contribution in [3.8, 4) is 0 Å². The molecule has 0 radical (unpaired) electrons. The molecule has 2 aromatic heterocycles. The Morgan fingerprint density at radius 2 is 1.79 bits per heavy atom. The van der Waals surface area contributed by atoms with E-state index >= 15 is 0 Å². The molecule has 7 heteroatoms. The monoisotopic (exact) mass is 395 g/mol. The molecule has 2 N–H and O–H groups in total. The van der Waals surface area contributed by atoms with Crippen LogP contribution >= 0.6 is 11.3 Å². The molecule has 3 aromatic rings. The predicted molar refractivity (Wildman–Crippen MR) is 115 cm³/mol. The first-order valence-corrected chi connectivity index (χ1v) is 9.97. The van der Waals surface area contributed by atoms with Crippen LogP contribution in [-0.2, 0) is 19.6 Å². The number of aromatic nitrogens is 2. The van der Waals surface area contributed by atoms with Crippen LogP contribution in [0.3, 0.4) is 0 Å². The van der Waals surface area contributed by atoms with E-state index in [1.807, 2.05) is 19.9 Å². The molecule has 146 valence electrons. The van der Waals surface area contributed by atoms with Crippen molar-refractivity contribution >= 4 is 17.3 Å². The molecule has 0 saturated carbocycles. The summed E-state index contributed by atoms with van der Waals surface area (Å²) in [5.41, 5.74) is 3.32. The molecule has 1 aromatic carbocycles. The zero-order valence-corrected chi connectivity index (χ0v) is 17.2. The van der Waals surface area contributed by atoms with Crippen LogP contribution in [0.2, 0.25) is 0 Å². The molecule has 0 aliphatic carbocycles. The molecule has 0 aliphatic heterocycles. The van der Waals surface area contributed by atoms with Crippen molar-refractivity contribution in [2.45, 2.75) is 33.5 Å². The third-order valence-corrected chi connectivity index (χ3v) is 5.45. The maximum Gasteiger partial charge on any atom is 0.250 e. The van der Waals surface area contributed by atoms with Crippen LogP contribution in [0.15, 0.2) is 58.4 Å². The molecule has 0 bridgehead atoms. The first kappa shape index (κ1) is 19.8. The normalized spacial score (nSPS) is 11.5. The Kier molecular flexibility index (Phi) is 6.60. The van der Waals surface area contributed by atoms with Gasteiger partial charge in [0.25, 0.3) is 5.56 Å². The number of hydrogen-bond acceptors (Lipinski definition) is 4. The third-order valence-electron chi connectivity index (χ3n) is 4.37. The Morgan fingerprint density at radius 3 is 2.43 bits per heavy atom. The largest absolute Gasteiger partial charge is 0.352 e. The zero-order chi connectivity index (χ0) is 19.9. The van der Waals surface area contributed by atoms with Gasteiger partial charge in [0, 0.05) is 30.7 Å². The van der Waals surface area contributed by atoms with E-state index in [0.29, 0.717) is 19.6 Å². The summed E-state index contributed by atoms with van der Waals surface area (Å²) in [5.74, 6) is 0.755. The number of nitrogens with zero attached hydrogens (tertiary/aromatic N) is 3. The number of aliphatic imine (C=N–C) groups is 1. The molecule has 0 fully saturated rings. The van der Waals surface area contributed by atoms with Crippen molar-refractivity contribution in [3.63, 3.8) is 0 Å². The van der Waals surface area contributed by atoms with Crippen LogP contribution in [-0.4, -0.2) is 22.6 Å². The molecule has 0 saturated heterocycles. The number of nitrogens with one attached hydrogen (secondary N) is 2. The summed E-state index contributed by atoms with van der Waals surface area (Å²) in [6.45, 7) is 6.01. The minimum atomic E-state index is 0.00879. The van der Waals surface area contributed by atoms with Crippen LogP contribution in [0.4, 0.5) is 0 Å². The maximum atomic E-state index is 11.8. The fourth-order valence-electron chi connectivity index (χ4n) is 2.86. The van der Waals surface area contributed by atoms with Crippen molar-refractivity contribution in [2.75, 3.05) is 7.05 Å². The lowest BCUT2D eigenvalue weighted by Gasteiger charge is -2.12. The molecule has 0 spiro atoms. The van der Waals surface area contributed by atoms with E-state index < -0.39 is 0 Å². The van der Waals surface area contributed by atoms with E-state index in [2.05, 4.69) is 44.9 Å². The lowest BCUT2D eigenvalue weighted by molar-refractivity contribution is 0.758. The number of guanidine groups is 1. The molecule has 2 heterocycles. The summed E-state index contributed by atoms with van der Waals surface area (Å²) in [4.78, 5) is 21.8. The summed E-state index contributed by atoms with van der Waals surface area (Å²) in [7, 11) is 1.76. The van der Waals surface area contributed by atoms with Gasteiger partial charge in [0.15, 0.2) is 5.96 Å². The number of thiazole rings is 1. The fourth-order valence-corrected chi connectivity index (χ4v) is 3.74. The molecular weight excluding hydrogens is 370 g/mol. The summed E-state index contributed by atoms with van der Waals surface area (Å²) in [5, 5.41) is 7.74. The second-order valence-electron chi connectivity index (χ2n) is 6.50. The van der Waals surface area contributed by atoms with E-state index in [4.69, 9.17) is 0 Å². The summed E-state index contributed by atoms with van der Waals surface area (Å²) in [6.07, 6.45) is 1.81. The minimum Gasteiger partial charge on any atom is -0.352 e. The fraction of sp³-hybridized carbons (Fsp3) is 0.286. The van der Waals surface area contributed by atoms with Gasteiger partial charge in [-0.3, -0.25) is 9.79 Å². The Balaban J connectivity index is 1.52. The van der Waals surface area contributed by atoms with Crippen molar-refractivity contribution in [2.24, 2.45) is 4.99 Å². The van der Waals surface area contributed by atoms with E-state index in [1.54, 1.807) is 41.3 Å². The van der Waals surface area contributed by atoms with Crippen LogP contribution in [0, 0.1) is 13.8 Å². The highest BCUT2D eigenvalue weighted by Crippen LogP contribution is 2.16. The van der Waals surface area contributed by atoms with E-state index in [1.165, 1.54) is 4.88 Å². The van der Waals surface area contributed by atoms with Gasteiger partial charge in [-0.15, -0.1) is 11.3 Å². The second-order valence-corrected chi connectivity index (χ2v) is 7.79. The zero-order valence-electron chi connectivity index (χ0n) is 16.4. The number of hydrogen-bond donors (Lipinski definition) is 2. The van der Waals surface area contributed by atoms with Gasteiger partial charge in [-0.05, 0) is 31.0 Å². The average molecular weight is 396 g/mol. The lowest BCUT2D eigenvalue weighted by atomic mass is 10.1. The predicted octanol–water partition coefficient (Wildman–Crippen LogP) is 2.84. The molecule has 0 unspecified atom stereocenters. The van der Waals surface area contributed by atoms with E-state index in [-0.39, 0.29) is 5.56 Å². The first-order valence-electron chi connectivity index (χ1n) is 9.16. The van der Waals surface area contributed by atoms with Gasteiger partial charge in [-0.1, -0.05) is 30.3 Å². The standard InChI is InChI=1S/C21H25N5OS/c1-15-19(28-16(2)25-15)13-24-21(22-3)23-12-17-7-9-18(10-8-17)14-26-11-5-4-6-20(26)27/h4-11H,12-14H2,1-3H3,(H2,22,23,24). The first-order chi connectivity index (χ1) is 13.5. The second kappa shape index (κ2) is 9.32. The van der Waals surface area contributed by atoms with Crippen LogP contribution in [0.5, 0.6) is 0 Å². The number of aryl methyl sites for hydroxylation is 2. The summed E-state index contributed by atoms with van der Waals surface area (Å²) >= 11 is 1.70. The Morgan fingerprint density at radius 1 is 1.07 bits per heavy atom. The molecular formula is C21H25N5OS. The number of rotatable bonds is 6. The van der Waals surface area contributed by atoms with Gasteiger partial charge >= 0.3 is 0 Å². The van der Waals surface area contributed by atoms with Gasteiger partial charge < -0.3 is 15.2 Å². The molecule has 3 rings (SSSR count). The topological polar surface area (TPSA) is 71.3 Å². The van der Waals surface area contributed by atoms with Crippen LogP contribution in [0.25, 0.3) is 0 Å². The van der Waals surface area contributed by atoms with Crippen molar-refractivity contribution < 1.29 is 0 Å². The average Bonchev–Trinajstić information content (AvgIpc) is 3.02. The molecule has 6 nitrogen and oxygen atoms in total. The Labute approximate surface area is 169 Å². The molecule has 0 atom stereocenters. The summed E-state index contributed by atoms with van der Waals surface area (Å²) < 4.78 is 1.70. The molecule has 0 aliphatic rings. The molecule has 0 amide bonds. The lowest BCUT2D eigenvalue weighted by Crippen LogP contribution is -2.36.